The zero-order chi connectivity index (χ0) is 16.2. The van der Waals surface area contributed by atoms with Gasteiger partial charge in [-0.05, 0) is 63.0 Å². The van der Waals surface area contributed by atoms with Crippen LogP contribution in [0.5, 0.6) is 0 Å². The molecule has 0 spiro atoms. The number of likely N-dealkylation sites (tertiary alicyclic amines) is 1. The van der Waals surface area contributed by atoms with Crippen LogP contribution in [0.2, 0.25) is 10.0 Å². The van der Waals surface area contributed by atoms with Crippen molar-refractivity contribution < 1.29 is 8.42 Å². The lowest BCUT2D eigenvalue weighted by Crippen LogP contribution is -2.35. The van der Waals surface area contributed by atoms with Crippen molar-refractivity contribution in [3.05, 3.63) is 28.2 Å². The van der Waals surface area contributed by atoms with Gasteiger partial charge in [-0.1, -0.05) is 30.1 Å². The summed E-state index contributed by atoms with van der Waals surface area (Å²) in [5.74, 6) is 0.805. The third-order valence-electron chi connectivity index (χ3n) is 4.00. The third kappa shape index (κ3) is 6.40. The Balaban J connectivity index is 0.00000264. The molecule has 0 aromatic heterocycles. The van der Waals surface area contributed by atoms with Crippen LogP contribution in [0.3, 0.4) is 0 Å². The predicted octanol–water partition coefficient (Wildman–Crippen LogP) is 3.82. The van der Waals surface area contributed by atoms with Crippen molar-refractivity contribution in [2.45, 2.75) is 31.1 Å². The summed E-state index contributed by atoms with van der Waals surface area (Å²) in [6.07, 6.45) is 3.24. The SMILES string of the molecule is CC1CCN(CCCNS(=O)(=O)c2cc(Cl)ccc2Cl)CC1.Cl. The van der Waals surface area contributed by atoms with Gasteiger partial charge in [0.25, 0.3) is 0 Å². The largest absolute Gasteiger partial charge is 0.303 e. The minimum absolute atomic E-state index is 0. The highest BCUT2D eigenvalue weighted by Gasteiger charge is 2.19. The standard InChI is InChI=1S/C15H22Cl2N2O2S.ClH/c1-12-5-9-19(10-6-12)8-2-7-18-22(20,21)15-11-13(16)3-4-14(15)17;/h3-4,11-12,18H,2,5-10H2,1H3;1H. The lowest BCUT2D eigenvalue weighted by molar-refractivity contribution is 0.191. The van der Waals surface area contributed by atoms with Gasteiger partial charge in [0, 0.05) is 11.6 Å². The number of piperidine rings is 1. The summed E-state index contributed by atoms with van der Waals surface area (Å²) >= 11 is 11.8. The zero-order valence-corrected chi connectivity index (χ0v) is 16.2. The van der Waals surface area contributed by atoms with Gasteiger partial charge in [-0.25, -0.2) is 13.1 Å². The maximum Gasteiger partial charge on any atom is 0.242 e. The number of nitrogens with zero attached hydrogens (tertiary/aromatic N) is 1. The van der Waals surface area contributed by atoms with Gasteiger partial charge in [-0.2, -0.15) is 0 Å². The van der Waals surface area contributed by atoms with Crippen LogP contribution in [0.25, 0.3) is 0 Å². The van der Waals surface area contributed by atoms with Gasteiger partial charge in [0.15, 0.2) is 0 Å². The van der Waals surface area contributed by atoms with Crippen LogP contribution in [0.4, 0.5) is 0 Å². The molecule has 1 fully saturated rings. The molecule has 4 nitrogen and oxygen atoms in total. The van der Waals surface area contributed by atoms with Crippen LogP contribution >= 0.6 is 35.6 Å². The molecule has 1 aromatic carbocycles. The quantitative estimate of drug-likeness (QED) is 0.737. The molecular formula is C15H23Cl3N2O2S. The Labute approximate surface area is 155 Å². The summed E-state index contributed by atoms with van der Waals surface area (Å²) in [6, 6.07) is 4.44. The molecule has 132 valence electrons. The van der Waals surface area contributed by atoms with Crippen LogP contribution in [-0.2, 0) is 10.0 Å². The van der Waals surface area contributed by atoms with E-state index in [4.69, 9.17) is 23.2 Å². The van der Waals surface area contributed by atoms with Gasteiger partial charge >= 0.3 is 0 Å². The summed E-state index contributed by atoms with van der Waals surface area (Å²) in [6.45, 7) is 5.80. The van der Waals surface area contributed by atoms with Crippen LogP contribution in [0.15, 0.2) is 23.1 Å². The molecule has 1 aliphatic rings. The van der Waals surface area contributed by atoms with Crippen LogP contribution in [0.1, 0.15) is 26.2 Å². The molecule has 0 aliphatic carbocycles. The summed E-state index contributed by atoms with van der Waals surface area (Å²) < 4.78 is 27.1. The summed E-state index contributed by atoms with van der Waals surface area (Å²) in [4.78, 5) is 2.43. The van der Waals surface area contributed by atoms with Crippen molar-refractivity contribution in [3.63, 3.8) is 0 Å². The molecule has 0 saturated carbocycles. The maximum atomic E-state index is 12.2. The average molecular weight is 402 g/mol. The topological polar surface area (TPSA) is 49.4 Å². The number of nitrogens with one attached hydrogen (secondary N) is 1. The number of hydrogen-bond donors (Lipinski definition) is 1. The Bertz CT molecular complexity index is 603. The number of halogens is 3. The molecular weight excluding hydrogens is 379 g/mol. The zero-order valence-electron chi connectivity index (χ0n) is 13.1. The molecule has 2 rings (SSSR count). The second-order valence-corrected chi connectivity index (χ2v) is 8.43. The lowest BCUT2D eigenvalue weighted by atomic mass is 9.99. The van der Waals surface area contributed by atoms with E-state index in [1.165, 1.54) is 25.0 Å². The first-order valence-corrected chi connectivity index (χ1v) is 9.79. The Kier molecular flexibility index (Phi) is 8.63. The van der Waals surface area contributed by atoms with Gasteiger partial charge in [0.2, 0.25) is 10.0 Å². The van der Waals surface area contributed by atoms with E-state index in [2.05, 4.69) is 16.5 Å². The summed E-state index contributed by atoms with van der Waals surface area (Å²) in [5.41, 5.74) is 0. The molecule has 23 heavy (non-hydrogen) atoms. The van der Waals surface area contributed by atoms with E-state index in [1.54, 1.807) is 6.07 Å². The molecule has 1 heterocycles. The van der Waals surface area contributed by atoms with E-state index in [0.29, 0.717) is 11.6 Å². The van der Waals surface area contributed by atoms with Crippen molar-refractivity contribution >= 4 is 45.6 Å². The van der Waals surface area contributed by atoms with E-state index < -0.39 is 10.0 Å². The van der Waals surface area contributed by atoms with Gasteiger partial charge in [-0.3, -0.25) is 0 Å². The fourth-order valence-corrected chi connectivity index (χ4v) is 4.39. The molecule has 0 atom stereocenters. The van der Waals surface area contributed by atoms with E-state index >= 15 is 0 Å². The monoisotopic (exact) mass is 400 g/mol. The van der Waals surface area contributed by atoms with E-state index in [0.717, 1.165) is 32.0 Å². The first-order valence-electron chi connectivity index (χ1n) is 7.55. The molecule has 0 amide bonds. The van der Waals surface area contributed by atoms with Gasteiger partial charge in [-0.15, -0.1) is 12.4 Å². The molecule has 0 unspecified atom stereocenters. The fourth-order valence-electron chi connectivity index (χ4n) is 2.56. The van der Waals surface area contributed by atoms with Crippen LogP contribution in [0, 0.1) is 5.92 Å². The average Bonchev–Trinajstić information content (AvgIpc) is 2.48. The van der Waals surface area contributed by atoms with Crippen molar-refractivity contribution in [2.75, 3.05) is 26.2 Å². The molecule has 0 bridgehead atoms. The summed E-state index contributed by atoms with van der Waals surface area (Å²) in [7, 11) is -3.61. The van der Waals surface area contributed by atoms with Crippen LogP contribution in [-0.4, -0.2) is 39.5 Å². The van der Waals surface area contributed by atoms with Gasteiger partial charge in [0.05, 0.1) is 5.02 Å². The van der Waals surface area contributed by atoms with Gasteiger partial charge in [0.1, 0.15) is 4.90 Å². The Morgan fingerprint density at radius 2 is 1.91 bits per heavy atom. The smallest absolute Gasteiger partial charge is 0.242 e. The Hall–Kier alpha value is -0.0400. The number of benzene rings is 1. The number of hydrogen-bond acceptors (Lipinski definition) is 3. The second-order valence-electron chi connectivity index (χ2n) is 5.85. The number of rotatable bonds is 6. The second kappa shape index (κ2) is 9.44. The highest BCUT2D eigenvalue weighted by atomic mass is 35.5. The molecule has 1 aliphatic heterocycles. The van der Waals surface area contributed by atoms with E-state index in [1.807, 2.05) is 0 Å². The molecule has 8 heteroatoms. The highest BCUT2D eigenvalue weighted by Crippen LogP contribution is 2.24. The minimum atomic E-state index is -3.61. The first kappa shape index (κ1) is 21.0. The number of sulfonamides is 1. The van der Waals surface area contributed by atoms with Crippen LogP contribution < -0.4 is 4.72 Å². The van der Waals surface area contributed by atoms with E-state index in [-0.39, 0.29) is 22.3 Å². The van der Waals surface area contributed by atoms with Crippen molar-refractivity contribution in [3.8, 4) is 0 Å². The normalized spacial score (nSPS) is 17.0. The molecule has 1 saturated heterocycles. The highest BCUT2D eigenvalue weighted by molar-refractivity contribution is 7.89. The Morgan fingerprint density at radius 1 is 1.26 bits per heavy atom. The molecule has 0 radical (unpaired) electrons. The first-order chi connectivity index (χ1) is 10.4. The molecule has 1 aromatic rings. The van der Waals surface area contributed by atoms with Crippen molar-refractivity contribution in [2.24, 2.45) is 5.92 Å². The maximum absolute atomic E-state index is 12.2. The molecule has 1 N–H and O–H groups in total. The third-order valence-corrected chi connectivity index (χ3v) is 6.18. The van der Waals surface area contributed by atoms with Gasteiger partial charge < -0.3 is 4.90 Å². The minimum Gasteiger partial charge on any atom is -0.303 e. The lowest BCUT2D eigenvalue weighted by Gasteiger charge is -2.30. The summed E-state index contributed by atoms with van der Waals surface area (Å²) in [5, 5.41) is 0.536. The van der Waals surface area contributed by atoms with E-state index in [9.17, 15) is 8.42 Å². The predicted molar refractivity (Wildman–Crippen MR) is 98.4 cm³/mol. The van der Waals surface area contributed by atoms with Crippen molar-refractivity contribution in [1.29, 1.82) is 0 Å². The fraction of sp³-hybridized carbons (Fsp3) is 0.600. The van der Waals surface area contributed by atoms with Crippen molar-refractivity contribution in [1.82, 2.24) is 9.62 Å². The Morgan fingerprint density at radius 3 is 2.57 bits per heavy atom.